The van der Waals surface area contributed by atoms with Gasteiger partial charge in [-0.1, -0.05) is 33.1 Å². The van der Waals surface area contributed by atoms with Crippen molar-refractivity contribution in [3.8, 4) is 0 Å². The summed E-state index contributed by atoms with van der Waals surface area (Å²) in [6.07, 6.45) is 5.39. The van der Waals surface area contributed by atoms with Crippen molar-refractivity contribution in [2.45, 2.75) is 52.0 Å². The highest BCUT2D eigenvalue weighted by molar-refractivity contribution is 5.79. The van der Waals surface area contributed by atoms with E-state index in [2.05, 4.69) is 19.2 Å². The molecule has 0 aliphatic heterocycles. The van der Waals surface area contributed by atoms with Crippen LogP contribution >= 0.6 is 0 Å². The molecule has 0 radical (unpaired) electrons. The molecule has 3 N–H and O–H groups in total. The molecule has 3 nitrogen and oxygen atoms in total. The second kappa shape index (κ2) is 8.05. The van der Waals surface area contributed by atoms with Crippen LogP contribution in [-0.2, 0) is 4.79 Å². The summed E-state index contributed by atoms with van der Waals surface area (Å²) in [5.74, 6) is -0.224. The van der Waals surface area contributed by atoms with E-state index in [-0.39, 0.29) is 11.9 Å². The molecule has 0 spiro atoms. The first-order valence-corrected chi connectivity index (χ1v) is 5.25. The van der Waals surface area contributed by atoms with Crippen LogP contribution in [0.25, 0.3) is 0 Å². The zero-order valence-corrected chi connectivity index (χ0v) is 8.81. The number of carbonyl (C=O) groups excluding carboxylic acids is 1. The highest BCUT2D eigenvalue weighted by Gasteiger charge is 2.11. The number of rotatable bonds is 8. The van der Waals surface area contributed by atoms with Gasteiger partial charge < -0.3 is 11.1 Å². The van der Waals surface area contributed by atoms with Crippen molar-refractivity contribution in [2.24, 2.45) is 5.73 Å². The van der Waals surface area contributed by atoms with Crippen molar-refractivity contribution in [1.82, 2.24) is 5.32 Å². The Morgan fingerprint density at radius 1 is 1.31 bits per heavy atom. The maximum absolute atomic E-state index is 10.9. The Morgan fingerprint density at radius 2 is 2.00 bits per heavy atom. The number of nitrogens with two attached hydrogens (primary N) is 1. The van der Waals surface area contributed by atoms with E-state index in [1.807, 2.05) is 0 Å². The summed E-state index contributed by atoms with van der Waals surface area (Å²) in [6, 6.07) is -0.123. The summed E-state index contributed by atoms with van der Waals surface area (Å²) in [5, 5.41) is 3.18. The molecule has 0 bridgehead atoms. The van der Waals surface area contributed by atoms with Crippen LogP contribution in [0.2, 0.25) is 0 Å². The van der Waals surface area contributed by atoms with Gasteiger partial charge in [-0.15, -0.1) is 0 Å². The fourth-order valence-corrected chi connectivity index (χ4v) is 1.28. The van der Waals surface area contributed by atoms with Gasteiger partial charge in [0, 0.05) is 0 Å². The molecule has 1 unspecified atom stereocenters. The number of hydrogen-bond acceptors (Lipinski definition) is 2. The van der Waals surface area contributed by atoms with Crippen molar-refractivity contribution in [3.63, 3.8) is 0 Å². The molecule has 0 saturated carbocycles. The smallest absolute Gasteiger partial charge is 0.234 e. The first kappa shape index (κ1) is 12.4. The molecular weight excluding hydrogens is 164 g/mol. The molecule has 3 heteroatoms. The van der Waals surface area contributed by atoms with E-state index in [0.717, 1.165) is 25.8 Å². The molecule has 0 aromatic heterocycles. The largest absolute Gasteiger partial charge is 0.368 e. The van der Waals surface area contributed by atoms with E-state index in [4.69, 9.17) is 5.73 Å². The lowest BCUT2D eigenvalue weighted by atomic mass is 10.1. The average molecular weight is 186 g/mol. The third-order valence-corrected chi connectivity index (χ3v) is 2.09. The fraction of sp³-hybridized carbons (Fsp3) is 0.900. The highest BCUT2D eigenvalue weighted by atomic mass is 16.1. The number of primary amides is 1. The Balaban J connectivity index is 3.51. The third-order valence-electron chi connectivity index (χ3n) is 2.09. The van der Waals surface area contributed by atoms with Crippen LogP contribution in [-0.4, -0.2) is 18.5 Å². The van der Waals surface area contributed by atoms with Crippen LogP contribution in [0, 0.1) is 0 Å². The SMILES string of the molecule is CCCCCNC(CCC)C(N)=O. The van der Waals surface area contributed by atoms with Crippen LogP contribution in [0.3, 0.4) is 0 Å². The first-order valence-electron chi connectivity index (χ1n) is 5.25. The number of amides is 1. The average Bonchev–Trinajstić information content (AvgIpc) is 2.10. The van der Waals surface area contributed by atoms with E-state index < -0.39 is 0 Å². The predicted octanol–water partition coefficient (Wildman–Crippen LogP) is 1.42. The summed E-state index contributed by atoms with van der Waals surface area (Å²) in [5.41, 5.74) is 5.24. The van der Waals surface area contributed by atoms with Crippen molar-refractivity contribution in [2.75, 3.05) is 6.54 Å². The summed E-state index contributed by atoms with van der Waals surface area (Å²) >= 11 is 0. The summed E-state index contributed by atoms with van der Waals surface area (Å²) < 4.78 is 0. The number of nitrogens with one attached hydrogen (secondary N) is 1. The van der Waals surface area contributed by atoms with Crippen molar-refractivity contribution >= 4 is 5.91 Å². The molecule has 0 aliphatic rings. The summed E-state index contributed by atoms with van der Waals surface area (Å²) in [6.45, 7) is 5.13. The van der Waals surface area contributed by atoms with Gasteiger partial charge in [0.15, 0.2) is 0 Å². The van der Waals surface area contributed by atoms with E-state index in [0.29, 0.717) is 0 Å². The van der Waals surface area contributed by atoms with Gasteiger partial charge in [0.25, 0.3) is 0 Å². The predicted molar refractivity (Wildman–Crippen MR) is 55.4 cm³/mol. The Kier molecular flexibility index (Phi) is 7.69. The first-order chi connectivity index (χ1) is 6.22. The minimum atomic E-state index is -0.224. The zero-order chi connectivity index (χ0) is 10.1. The molecular formula is C10H22N2O. The van der Waals surface area contributed by atoms with Crippen LogP contribution in [0.15, 0.2) is 0 Å². The molecule has 0 saturated heterocycles. The lowest BCUT2D eigenvalue weighted by Crippen LogP contribution is -2.41. The Morgan fingerprint density at radius 3 is 2.46 bits per heavy atom. The molecule has 1 atom stereocenters. The van der Waals surface area contributed by atoms with Crippen molar-refractivity contribution < 1.29 is 4.79 Å². The Labute approximate surface area is 81.1 Å². The maximum atomic E-state index is 10.9. The van der Waals surface area contributed by atoms with Gasteiger partial charge in [0.1, 0.15) is 0 Å². The van der Waals surface area contributed by atoms with Gasteiger partial charge >= 0.3 is 0 Å². The zero-order valence-electron chi connectivity index (χ0n) is 8.81. The van der Waals surface area contributed by atoms with Crippen LogP contribution in [0.4, 0.5) is 0 Å². The molecule has 0 heterocycles. The number of carbonyl (C=O) groups is 1. The monoisotopic (exact) mass is 186 g/mol. The normalized spacial score (nSPS) is 12.8. The Bertz CT molecular complexity index is 137. The maximum Gasteiger partial charge on any atom is 0.234 e. The van der Waals surface area contributed by atoms with Gasteiger partial charge in [-0.2, -0.15) is 0 Å². The minimum absolute atomic E-state index is 0.123. The van der Waals surface area contributed by atoms with Crippen molar-refractivity contribution in [3.05, 3.63) is 0 Å². The summed E-state index contributed by atoms with van der Waals surface area (Å²) in [4.78, 5) is 10.9. The number of hydrogen-bond donors (Lipinski definition) is 2. The second-order valence-electron chi connectivity index (χ2n) is 3.40. The Hall–Kier alpha value is -0.570. The van der Waals surface area contributed by atoms with Gasteiger partial charge in [0.2, 0.25) is 5.91 Å². The fourth-order valence-electron chi connectivity index (χ4n) is 1.28. The van der Waals surface area contributed by atoms with E-state index >= 15 is 0 Å². The van der Waals surface area contributed by atoms with Gasteiger partial charge in [0.05, 0.1) is 6.04 Å². The van der Waals surface area contributed by atoms with Crippen LogP contribution < -0.4 is 11.1 Å². The van der Waals surface area contributed by atoms with E-state index in [9.17, 15) is 4.79 Å². The lowest BCUT2D eigenvalue weighted by molar-refractivity contribution is -0.120. The standard InChI is InChI=1S/C10H22N2O/c1-3-5-6-8-12-9(7-4-2)10(11)13/h9,12H,3-8H2,1-2H3,(H2,11,13). The minimum Gasteiger partial charge on any atom is -0.368 e. The molecule has 0 fully saturated rings. The van der Waals surface area contributed by atoms with Crippen LogP contribution in [0.1, 0.15) is 46.0 Å². The van der Waals surface area contributed by atoms with Gasteiger partial charge in [-0.25, -0.2) is 0 Å². The molecule has 0 aromatic carbocycles. The van der Waals surface area contributed by atoms with Gasteiger partial charge in [-0.05, 0) is 19.4 Å². The number of unbranched alkanes of at least 4 members (excludes halogenated alkanes) is 2. The lowest BCUT2D eigenvalue weighted by Gasteiger charge is -2.13. The third kappa shape index (κ3) is 6.58. The van der Waals surface area contributed by atoms with Crippen LogP contribution in [0.5, 0.6) is 0 Å². The van der Waals surface area contributed by atoms with Gasteiger partial charge in [-0.3, -0.25) is 4.79 Å². The molecule has 0 aliphatic carbocycles. The van der Waals surface area contributed by atoms with E-state index in [1.165, 1.54) is 12.8 Å². The molecule has 78 valence electrons. The topological polar surface area (TPSA) is 55.1 Å². The highest BCUT2D eigenvalue weighted by Crippen LogP contribution is 1.97. The second-order valence-corrected chi connectivity index (χ2v) is 3.40. The van der Waals surface area contributed by atoms with E-state index in [1.54, 1.807) is 0 Å². The molecule has 0 rings (SSSR count). The summed E-state index contributed by atoms with van der Waals surface area (Å²) in [7, 11) is 0. The molecule has 13 heavy (non-hydrogen) atoms. The van der Waals surface area contributed by atoms with Crippen molar-refractivity contribution in [1.29, 1.82) is 0 Å². The molecule has 0 aromatic rings. The molecule has 1 amide bonds. The quantitative estimate of drug-likeness (QED) is 0.563.